The first-order valence-corrected chi connectivity index (χ1v) is 7.64. The number of carbonyl (C=O) groups excluding carboxylic acids is 1. The van der Waals surface area contributed by atoms with Gasteiger partial charge in [-0.2, -0.15) is 0 Å². The van der Waals surface area contributed by atoms with Crippen LogP contribution < -0.4 is 10.6 Å². The molecular weight excluding hydrogens is 264 g/mol. The molecule has 21 heavy (non-hydrogen) atoms. The van der Waals surface area contributed by atoms with Crippen LogP contribution in [0.2, 0.25) is 0 Å². The van der Waals surface area contributed by atoms with Gasteiger partial charge in [-0.25, -0.2) is 0 Å². The van der Waals surface area contributed by atoms with Crippen molar-refractivity contribution < 1.29 is 9.53 Å². The fourth-order valence-corrected chi connectivity index (χ4v) is 2.99. The van der Waals surface area contributed by atoms with E-state index in [0.717, 1.165) is 31.5 Å². The fourth-order valence-electron chi connectivity index (χ4n) is 2.99. The third-order valence-corrected chi connectivity index (χ3v) is 4.35. The van der Waals surface area contributed by atoms with Crippen LogP contribution in [0.15, 0.2) is 24.3 Å². The smallest absolute Gasteiger partial charge is 0.229 e. The van der Waals surface area contributed by atoms with Crippen LogP contribution in [-0.2, 0) is 9.53 Å². The average Bonchev–Trinajstić information content (AvgIpc) is 2.48. The number of nitrogens with one attached hydrogen (secondary N) is 2. The van der Waals surface area contributed by atoms with Crippen molar-refractivity contribution in [2.75, 3.05) is 26.8 Å². The Labute approximate surface area is 127 Å². The van der Waals surface area contributed by atoms with E-state index in [1.165, 1.54) is 5.56 Å². The molecule has 4 heteroatoms. The van der Waals surface area contributed by atoms with Gasteiger partial charge in [-0.1, -0.05) is 29.8 Å². The van der Waals surface area contributed by atoms with Gasteiger partial charge in [-0.15, -0.1) is 0 Å². The molecule has 0 radical (unpaired) electrons. The van der Waals surface area contributed by atoms with E-state index in [1.54, 1.807) is 7.11 Å². The van der Waals surface area contributed by atoms with Crippen molar-refractivity contribution in [1.29, 1.82) is 0 Å². The Balaban J connectivity index is 2.07. The Hall–Kier alpha value is -1.39. The van der Waals surface area contributed by atoms with Gasteiger partial charge in [0.25, 0.3) is 0 Å². The number of hydrogen-bond donors (Lipinski definition) is 2. The van der Waals surface area contributed by atoms with Crippen molar-refractivity contribution in [3.63, 3.8) is 0 Å². The van der Waals surface area contributed by atoms with Crippen molar-refractivity contribution in [2.45, 2.75) is 32.7 Å². The first kappa shape index (κ1) is 16.0. The molecule has 1 amide bonds. The van der Waals surface area contributed by atoms with E-state index in [-0.39, 0.29) is 11.9 Å². The monoisotopic (exact) mass is 290 g/mol. The van der Waals surface area contributed by atoms with Crippen LogP contribution >= 0.6 is 0 Å². The number of amides is 1. The minimum atomic E-state index is -0.391. The molecule has 0 spiro atoms. The highest BCUT2D eigenvalue weighted by atomic mass is 16.5. The maximum Gasteiger partial charge on any atom is 0.229 e. The van der Waals surface area contributed by atoms with Crippen molar-refractivity contribution in [1.82, 2.24) is 10.6 Å². The summed E-state index contributed by atoms with van der Waals surface area (Å²) in [6.07, 6.45) is 1.65. The number of piperidine rings is 1. The molecule has 4 nitrogen and oxygen atoms in total. The second-order valence-corrected chi connectivity index (χ2v) is 6.07. The molecule has 2 N–H and O–H groups in total. The number of methoxy groups -OCH3 is 1. The first-order valence-electron chi connectivity index (χ1n) is 7.64. The largest absolute Gasteiger partial charge is 0.384 e. The van der Waals surface area contributed by atoms with Gasteiger partial charge in [-0.05, 0) is 45.3 Å². The van der Waals surface area contributed by atoms with Crippen LogP contribution in [0.25, 0.3) is 0 Å². The van der Waals surface area contributed by atoms with E-state index < -0.39 is 5.41 Å². The lowest BCUT2D eigenvalue weighted by molar-refractivity contribution is -0.136. The summed E-state index contributed by atoms with van der Waals surface area (Å²) in [7, 11) is 1.67. The molecular formula is C17H26N2O2. The van der Waals surface area contributed by atoms with Gasteiger partial charge in [0.05, 0.1) is 18.1 Å². The predicted octanol–water partition coefficient (Wildman–Crippen LogP) is 2.19. The van der Waals surface area contributed by atoms with E-state index in [1.807, 2.05) is 13.0 Å². The molecule has 1 aromatic rings. The summed E-state index contributed by atoms with van der Waals surface area (Å²) in [5, 5.41) is 6.48. The summed E-state index contributed by atoms with van der Waals surface area (Å²) in [5.41, 5.74) is 1.96. The summed E-state index contributed by atoms with van der Waals surface area (Å²) in [6.45, 7) is 6.33. The summed E-state index contributed by atoms with van der Waals surface area (Å²) < 4.78 is 5.32. The van der Waals surface area contributed by atoms with Crippen molar-refractivity contribution in [3.05, 3.63) is 35.4 Å². The average molecular weight is 290 g/mol. The van der Waals surface area contributed by atoms with E-state index in [9.17, 15) is 4.79 Å². The molecule has 0 bridgehead atoms. The molecule has 1 atom stereocenters. The first-order chi connectivity index (χ1) is 10.1. The molecule has 1 aliphatic heterocycles. The molecule has 1 heterocycles. The lowest BCUT2D eigenvalue weighted by Crippen LogP contribution is -2.50. The second-order valence-electron chi connectivity index (χ2n) is 6.07. The van der Waals surface area contributed by atoms with Crippen LogP contribution in [-0.4, -0.2) is 32.7 Å². The van der Waals surface area contributed by atoms with Crippen LogP contribution in [0, 0.1) is 12.3 Å². The Kier molecular flexibility index (Phi) is 5.37. The number of carbonyl (C=O) groups is 1. The van der Waals surface area contributed by atoms with Crippen LogP contribution in [0.1, 0.15) is 36.9 Å². The van der Waals surface area contributed by atoms with E-state index in [4.69, 9.17) is 4.74 Å². The number of hydrogen-bond acceptors (Lipinski definition) is 3. The minimum Gasteiger partial charge on any atom is -0.384 e. The molecule has 0 unspecified atom stereocenters. The molecule has 1 fully saturated rings. The van der Waals surface area contributed by atoms with Gasteiger partial charge in [0.1, 0.15) is 0 Å². The number of ether oxygens (including phenoxy) is 1. The van der Waals surface area contributed by atoms with Gasteiger partial charge in [0.2, 0.25) is 5.91 Å². The topological polar surface area (TPSA) is 50.4 Å². The second kappa shape index (κ2) is 7.05. The molecule has 2 rings (SSSR count). The fraction of sp³-hybridized carbons (Fsp3) is 0.588. The third-order valence-electron chi connectivity index (χ3n) is 4.35. The standard InChI is InChI=1S/C17H26N2O2/c1-13-5-4-6-15(11-13)14(2)19-16(20)17(12-21-3)7-9-18-10-8-17/h4-6,11,14,18H,7-10,12H2,1-3H3,(H,19,20)/t14-/m1/s1. The van der Waals surface area contributed by atoms with E-state index >= 15 is 0 Å². The maximum absolute atomic E-state index is 12.8. The zero-order valence-electron chi connectivity index (χ0n) is 13.2. The molecule has 0 aliphatic carbocycles. The summed E-state index contributed by atoms with van der Waals surface area (Å²) in [4.78, 5) is 12.8. The highest BCUT2D eigenvalue weighted by Crippen LogP contribution is 2.30. The normalized spacial score (nSPS) is 19.0. The molecule has 0 saturated carbocycles. The predicted molar refractivity (Wildman–Crippen MR) is 84.1 cm³/mol. The Morgan fingerprint density at radius 3 is 2.76 bits per heavy atom. The number of aryl methyl sites for hydroxylation is 1. The van der Waals surface area contributed by atoms with E-state index in [2.05, 4.69) is 35.8 Å². The van der Waals surface area contributed by atoms with Crippen LogP contribution in [0.4, 0.5) is 0 Å². The SMILES string of the molecule is COCC1(C(=O)N[C@H](C)c2cccc(C)c2)CCNCC1. The van der Waals surface area contributed by atoms with Gasteiger partial charge >= 0.3 is 0 Å². The van der Waals surface area contributed by atoms with Gasteiger partial charge in [0, 0.05) is 7.11 Å². The lowest BCUT2D eigenvalue weighted by atomic mass is 9.78. The summed E-state index contributed by atoms with van der Waals surface area (Å²) in [6, 6.07) is 8.29. The summed E-state index contributed by atoms with van der Waals surface area (Å²) >= 11 is 0. The van der Waals surface area contributed by atoms with Crippen LogP contribution in [0.3, 0.4) is 0 Å². The molecule has 1 aliphatic rings. The zero-order valence-corrected chi connectivity index (χ0v) is 13.2. The molecule has 0 aromatic heterocycles. The number of rotatable bonds is 5. The van der Waals surface area contributed by atoms with Gasteiger partial charge < -0.3 is 15.4 Å². The third kappa shape index (κ3) is 3.83. The summed E-state index contributed by atoms with van der Waals surface area (Å²) in [5.74, 6) is 0.111. The van der Waals surface area contributed by atoms with Gasteiger partial charge in [0.15, 0.2) is 0 Å². The van der Waals surface area contributed by atoms with Crippen LogP contribution in [0.5, 0.6) is 0 Å². The molecule has 116 valence electrons. The molecule has 1 aromatic carbocycles. The Morgan fingerprint density at radius 1 is 1.43 bits per heavy atom. The number of benzene rings is 1. The lowest BCUT2D eigenvalue weighted by Gasteiger charge is -2.36. The van der Waals surface area contributed by atoms with Crippen molar-refractivity contribution >= 4 is 5.91 Å². The van der Waals surface area contributed by atoms with Crippen molar-refractivity contribution in [2.24, 2.45) is 5.41 Å². The van der Waals surface area contributed by atoms with E-state index in [0.29, 0.717) is 6.61 Å². The zero-order chi connectivity index (χ0) is 15.3. The Bertz CT molecular complexity index is 476. The minimum absolute atomic E-state index is 0.0148. The highest BCUT2D eigenvalue weighted by Gasteiger charge is 2.40. The Morgan fingerprint density at radius 2 is 2.14 bits per heavy atom. The highest BCUT2D eigenvalue weighted by molar-refractivity contribution is 5.83. The quantitative estimate of drug-likeness (QED) is 0.874. The maximum atomic E-state index is 12.8. The van der Waals surface area contributed by atoms with Gasteiger partial charge in [-0.3, -0.25) is 4.79 Å². The van der Waals surface area contributed by atoms with Crippen molar-refractivity contribution in [3.8, 4) is 0 Å². The molecule has 1 saturated heterocycles.